The number of carbonyl (C=O) groups excluding carboxylic acids is 1. The Morgan fingerprint density at radius 1 is 1.45 bits per heavy atom. The molecule has 0 spiro atoms. The van der Waals surface area contributed by atoms with Gasteiger partial charge in [0.25, 0.3) is 0 Å². The number of nitrogens with zero attached hydrogens (tertiary/aromatic N) is 1. The van der Waals surface area contributed by atoms with E-state index in [1.54, 1.807) is 11.8 Å². The summed E-state index contributed by atoms with van der Waals surface area (Å²) >= 11 is 5.09. The van der Waals surface area contributed by atoms with Crippen LogP contribution in [0.25, 0.3) is 0 Å². The molecular weight excluding hydrogens is 384 g/mol. The van der Waals surface area contributed by atoms with Crippen LogP contribution in [0, 0.1) is 12.8 Å². The van der Waals surface area contributed by atoms with Gasteiger partial charge in [0.1, 0.15) is 0 Å². The van der Waals surface area contributed by atoms with E-state index >= 15 is 0 Å². The van der Waals surface area contributed by atoms with Crippen molar-refractivity contribution in [1.29, 1.82) is 0 Å². The maximum absolute atomic E-state index is 12.3. The molecule has 1 atom stereocenters. The summed E-state index contributed by atoms with van der Waals surface area (Å²) in [6.07, 6.45) is 2.07. The number of hydrogen-bond acceptors (Lipinski definition) is 3. The lowest BCUT2D eigenvalue weighted by Crippen LogP contribution is -2.43. The first-order valence-corrected chi connectivity index (χ1v) is 9.17. The van der Waals surface area contributed by atoms with Crippen LogP contribution in [0.15, 0.2) is 27.6 Å². The number of thioether (sulfide) groups is 1. The van der Waals surface area contributed by atoms with Gasteiger partial charge in [-0.25, -0.2) is 0 Å². The Kier molecular flexibility index (Phi) is 8.25. The van der Waals surface area contributed by atoms with Crippen molar-refractivity contribution in [3.05, 3.63) is 28.2 Å². The third-order valence-corrected chi connectivity index (χ3v) is 5.78. The Balaban J connectivity index is 0.00000242. The Bertz CT molecular complexity index is 505. The lowest BCUT2D eigenvalue weighted by atomic mass is 9.91. The summed E-state index contributed by atoms with van der Waals surface area (Å²) in [6.45, 7) is 5.84. The Morgan fingerprint density at radius 2 is 2.09 bits per heavy atom. The molecule has 0 radical (unpaired) electrons. The van der Waals surface area contributed by atoms with Gasteiger partial charge in [0.2, 0.25) is 5.91 Å². The number of rotatable bonds is 4. The molecule has 0 saturated carbocycles. The molecule has 1 amide bonds. The average molecular weight is 408 g/mol. The minimum atomic E-state index is 0. The van der Waals surface area contributed by atoms with E-state index in [1.807, 2.05) is 11.0 Å². The summed E-state index contributed by atoms with van der Waals surface area (Å²) in [5.41, 5.74) is 7.15. The highest BCUT2D eigenvalue weighted by atomic mass is 79.9. The molecule has 1 saturated heterocycles. The highest BCUT2D eigenvalue weighted by molar-refractivity contribution is 9.10. The number of amides is 1. The topological polar surface area (TPSA) is 46.3 Å². The fourth-order valence-electron chi connectivity index (χ4n) is 2.68. The first-order valence-electron chi connectivity index (χ1n) is 7.39. The van der Waals surface area contributed by atoms with Gasteiger partial charge < -0.3 is 10.6 Å². The zero-order chi connectivity index (χ0) is 15.4. The van der Waals surface area contributed by atoms with Crippen LogP contribution in [-0.2, 0) is 4.79 Å². The molecule has 0 aliphatic carbocycles. The van der Waals surface area contributed by atoms with Gasteiger partial charge >= 0.3 is 0 Å². The van der Waals surface area contributed by atoms with Crippen LogP contribution >= 0.6 is 40.1 Å². The Morgan fingerprint density at radius 3 is 2.64 bits per heavy atom. The molecule has 1 unspecified atom stereocenters. The molecule has 2 N–H and O–H groups in total. The predicted octanol–water partition coefficient (Wildman–Crippen LogP) is 3.86. The molecule has 0 aromatic heterocycles. The van der Waals surface area contributed by atoms with E-state index < -0.39 is 0 Å². The molecule has 3 nitrogen and oxygen atoms in total. The van der Waals surface area contributed by atoms with E-state index in [9.17, 15) is 4.79 Å². The third-order valence-electron chi connectivity index (χ3n) is 4.12. The van der Waals surface area contributed by atoms with Gasteiger partial charge in [-0.05, 0) is 56.4 Å². The van der Waals surface area contributed by atoms with Crippen LogP contribution in [0.1, 0.15) is 25.3 Å². The highest BCUT2D eigenvalue weighted by Crippen LogP contribution is 2.26. The maximum Gasteiger partial charge on any atom is 0.232 e. The van der Waals surface area contributed by atoms with Gasteiger partial charge in [-0.2, -0.15) is 0 Å². The van der Waals surface area contributed by atoms with E-state index in [4.69, 9.17) is 5.73 Å². The van der Waals surface area contributed by atoms with Gasteiger partial charge in [0.05, 0.1) is 5.75 Å². The SMILES string of the molecule is Cc1cc(Br)ccc1SCC(=O)N1CCC(C(C)N)CC1.Cl. The minimum Gasteiger partial charge on any atom is -0.342 e. The smallest absolute Gasteiger partial charge is 0.232 e. The van der Waals surface area contributed by atoms with Crippen molar-refractivity contribution >= 4 is 46.0 Å². The van der Waals surface area contributed by atoms with Crippen molar-refractivity contribution < 1.29 is 4.79 Å². The Hall–Kier alpha value is -0.230. The first kappa shape index (κ1) is 19.8. The van der Waals surface area contributed by atoms with Crippen molar-refractivity contribution in [3.8, 4) is 0 Å². The summed E-state index contributed by atoms with van der Waals surface area (Å²) in [7, 11) is 0. The molecular formula is C16H24BrClN2OS. The number of carbonyl (C=O) groups is 1. The molecule has 2 rings (SSSR count). The van der Waals surface area contributed by atoms with Gasteiger partial charge in [-0.1, -0.05) is 15.9 Å². The zero-order valence-corrected chi connectivity index (χ0v) is 16.3. The molecule has 1 aromatic rings. The summed E-state index contributed by atoms with van der Waals surface area (Å²) in [4.78, 5) is 15.5. The highest BCUT2D eigenvalue weighted by Gasteiger charge is 2.24. The fourth-order valence-corrected chi connectivity index (χ4v) is 4.07. The first-order chi connectivity index (χ1) is 9.97. The van der Waals surface area contributed by atoms with Crippen LogP contribution in [0.3, 0.4) is 0 Å². The van der Waals surface area contributed by atoms with Gasteiger partial charge in [-0.15, -0.1) is 24.2 Å². The summed E-state index contributed by atoms with van der Waals surface area (Å²) < 4.78 is 1.08. The maximum atomic E-state index is 12.3. The molecule has 1 aromatic carbocycles. The fraction of sp³-hybridized carbons (Fsp3) is 0.562. The molecule has 22 heavy (non-hydrogen) atoms. The molecule has 0 bridgehead atoms. The van der Waals surface area contributed by atoms with Crippen LogP contribution in [0.4, 0.5) is 0 Å². The molecule has 1 aliphatic heterocycles. The second-order valence-corrected chi connectivity index (χ2v) is 7.71. The molecule has 1 heterocycles. The van der Waals surface area contributed by atoms with Crippen molar-refractivity contribution in [2.45, 2.75) is 37.6 Å². The quantitative estimate of drug-likeness (QED) is 0.771. The summed E-state index contributed by atoms with van der Waals surface area (Å²) in [5, 5.41) is 0. The normalized spacial score (nSPS) is 17.0. The van der Waals surface area contributed by atoms with Crippen molar-refractivity contribution in [3.63, 3.8) is 0 Å². The molecule has 6 heteroatoms. The number of hydrogen-bond donors (Lipinski definition) is 1. The van der Waals surface area contributed by atoms with E-state index in [2.05, 4.69) is 41.9 Å². The summed E-state index contributed by atoms with van der Waals surface area (Å²) in [6, 6.07) is 6.41. The lowest BCUT2D eigenvalue weighted by molar-refractivity contribution is -0.129. The zero-order valence-electron chi connectivity index (χ0n) is 13.0. The van der Waals surface area contributed by atoms with E-state index in [0.29, 0.717) is 11.7 Å². The van der Waals surface area contributed by atoms with Crippen LogP contribution < -0.4 is 5.73 Å². The van der Waals surface area contributed by atoms with E-state index in [0.717, 1.165) is 30.4 Å². The van der Waals surface area contributed by atoms with Gasteiger partial charge in [-0.3, -0.25) is 4.79 Å². The van der Waals surface area contributed by atoms with Gasteiger partial charge in [0.15, 0.2) is 0 Å². The van der Waals surface area contributed by atoms with Crippen LogP contribution in [0.2, 0.25) is 0 Å². The second-order valence-electron chi connectivity index (χ2n) is 5.78. The second kappa shape index (κ2) is 9.16. The van der Waals surface area contributed by atoms with Crippen LogP contribution in [-0.4, -0.2) is 35.7 Å². The molecule has 1 aliphatic rings. The number of halogens is 2. The standard InChI is InChI=1S/C16H23BrN2OS.ClH/c1-11-9-14(17)3-4-15(11)21-10-16(20)19-7-5-13(6-8-19)12(2)18;/h3-4,9,12-13H,5-8,10,18H2,1-2H3;1H. The number of benzene rings is 1. The largest absolute Gasteiger partial charge is 0.342 e. The lowest BCUT2D eigenvalue weighted by Gasteiger charge is -2.33. The van der Waals surface area contributed by atoms with Crippen molar-refractivity contribution in [1.82, 2.24) is 4.90 Å². The number of likely N-dealkylation sites (tertiary alicyclic amines) is 1. The molecule has 1 fully saturated rings. The predicted molar refractivity (Wildman–Crippen MR) is 99.8 cm³/mol. The summed E-state index contributed by atoms with van der Waals surface area (Å²) in [5.74, 6) is 1.33. The monoisotopic (exact) mass is 406 g/mol. The van der Waals surface area contributed by atoms with Crippen LogP contribution in [0.5, 0.6) is 0 Å². The van der Waals surface area contributed by atoms with Crippen molar-refractivity contribution in [2.24, 2.45) is 11.7 Å². The number of nitrogens with two attached hydrogens (primary N) is 1. The number of piperidine rings is 1. The van der Waals surface area contributed by atoms with E-state index in [1.165, 1.54) is 10.5 Å². The minimum absolute atomic E-state index is 0. The molecule has 124 valence electrons. The number of aryl methyl sites for hydroxylation is 1. The third kappa shape index (κ3) is 5.44. The average Bonchev–Trinajstić information content (AvgIpc) is 2.46. The van der Waals surface area contributed by atoms with Crippen molar-refractivity contribution in [2.75, 3.05) is 18.8 Å². The Labute approximate surface area is 151 Å². The van der Waals surface area contributed by atoms with E-state index in [-0.39, 0.29) is 24.4 Å². The van der Waals surface area contributed by atoms with Gasteiger partial charge in [0, 0.05) is 28.5 Å².